The number of benzene rings is 1. The Hall–Kier alpha value is -0.01000. The Bertz CT molecular complexity index is 826. The molecule has 0 saturated carbocycles. The normalized spacial score (nSPS) is 18.8. The number of hydrogen-bond acceptors (Lipinski definition) is 0. The third-order valence-corrected chi connectivity index (χ3v) is 11.0. The second kappa shape index (κ2) is 10.1. The Balaban J connectivity index is 0.000000473. The Kier molecular flexibility index (Phi) is 10.1. The van der Waals surface area contributed by atoms with E-state index in [1.54, 1.807) is 5.19 Å². The summed E-state index contributed by atoms with van der Waals surface area (Å²) in [4.78, 5) is 0. The van der Waals surface area contributed by atoms with Gasteiger partial charge in [-0.2, -0.15) is 23.3 Å². The zero-order chi connectivity index (χ0) is 17.5. The standard InChI is InChI=1S/C13H15Si.C10H15.2ClH.Zr/c1-14(9-4-10-14)13-8-7-11-5-2-3-6-12(11)13;1-7-6-10(4,5)9(3)8(7)2;;;/h2-3,5-8H,4,9-10H2,1H3;1-5H3;2*1H;/q2*-1;;;+4/p-2. The quantitative estimate of drug-likeness (QED) is 0.395. The van der Waals surface area contributed by atoms with Crippen LogP contribution in [0.3, 0.4) is 0 Å². The molecule has 4 rings (SSSR count). The van der Waals surface area contributed by atoms with Gasteiger partial charge in [-0.15, -0.1) is 41.1 Å². The number of halogens is 2. The Morgan fingerprint density at radius 1 is 1.00 bits per heavy atom. The van der Waals surface area contributed by atoms with Gasteiger partial charge in [0.1, 0.15) is 0 Å². The van der Waals surface area contributed by atoms with E-state index in [4.69, 9.17) is 0 Å². The van der Waals surface area contributed by atoms with Gasteiger partial charge in [0.05, 0.1) is 0 Å². The fraction of sp³-hybridized carbons (Fsp3) is 0.435. The van der Waals surface area contributed by atoms with Crippen LogP contribution in [0.15, 0.2) is 53.1 Å². The molecule has 0 spiro atoms. The molecular weight excluding hydrogens is 466 g/mol. The summed E-state index contributed by atoms with van der Waals surface area (Å²) < 4.78 is 0. The van der Waals surface area contributed by atoms with E-state index >= 15 is 0 Å². The first-order chi connectivity index (χ1) is 11.2. The molecule has 4 heteroatoms. The van der Waals surface area contributed by atoms with Crippen molar-refractivity contribution >= 4 is 24.0 Å². The van der Waals surface area contributed by atoms with Gasteiger partial charge in [0.25, 0.3) is 0 Å². The first-order valence-corrected chi connectivity index (χ1v) is 12.1. The molecular formula is C23H30Cl2SiZr. The fourth-order valence-electron chi connectivity index (χ4n) is 4.06. The van der Waals surface area contributed by atoms with E-state index in [9.17, 15) is 0 Å². The molecule has 2 aromatic rings. The summed E-state index contributed by atoms with van der Waals surface area (Å²) in [6.07, 6.45) is 4.90. The van der Waals surface area contributed by atoms with E-state index in [1.165, 1.54) is 46.0 Å². The summed E-state index contributed by atoms with van der Waals surface area (Å²) >= 11 is 0. The van der Waals surface area contributed by atoms with Gasteiger partial charge in [-0.3, -0.25) is 6.08 Å². The number of allylic oxidation sites excluding steroid dienone is 4. The van der Waals surface area contributed by atoms with Crippen LogP contribution in [0.4, 0.5) is 0 Å². The maximum atomic E-state index is 3.44. The van der Waals surface area contributed by atoms with Crippen LogP contribution >= 0.6 is 0 Å². The Morgan fingerprint density at radius 3 is 2.00 bits per heavy atom. The van der Waals surface area contributed by atoms with E-state index in [0.717, 1.165) is 0 Å². The van der Waals surface area contributed by atoms with Crippen molar-refractivity contribution in [2.24, 2.45) is 5.41 Å². The van der Waals surface area contributed by atoms with E-state index < -0.39 is 8.07 Å². The summed E-state index contributed by atoms with van der Waals surface area (Å²) in [5.74, 6) is 0. The molecule has 1 saturated heterocycles. The molecule has 27 heavy (non-hydrogen) atoms. The van der Waals surface area contributed by atoms with Crippen molar-refractivity contribution in [1.82, 2.24) is 0 Å². The largest absolute Gasteiger partial charge is 4.00 e. The molecule has 0 aromatic heterocycles. The number of hydrogen-bond donors (Lipinski definition) is 0. The molecule has 1 heterocycles. The van der Waals surface area contributed by atoms with Crippen molar-refractivity contribution in [2.45, 2.75) is 59.7 Å². The van der Waals surface area contributed by atoms with Gasteiger partial charge in [0.15, 0.2) is 0 Å². The van der Waals surface area contributed by atoms with Crippen molar-refractivity contribution in [3.05, 3.63) is 59.2 Å². The van der Waals surface area contributed by atoms with E-state index in [2.05, 4.69) is 83.6 Å². The van der Waals surface area contributed by atoms with Crippen LogP contribution in [0.1, 0.15) is 41.0 Å². The average molecular weight is 497 g/mol. The Labute approximate surface area is 198 Å². The SMILES string of the molecule is CC1=[C-]C(C)(C)C(C)=C1C.C[Si]1([c-]2ccc3ccccc32)CCC1.[Cl-].[Cl-].[Zr+4]. The molecule has 0 amide bonds. The fourth-order valence-corrected chi connectivity index (χ4v) is 7.38. The zero-order valence-corrected chi connectivity index (χ0v) is 22.3. The van der Waals surface area contributed by atoms with Crippen LogP contribution in [0.2, 0.25) is 18.6 Å². The van der Waals surface area contributed by atoms with Gasteiger partial charge in [-0.25, -0.2) is 5.57 Å². The van der Waals surface area contributed by atoms with Crippen LogP contribution < -0.4 is 30.0 Å². The van der Waals surface area contributed by atoms with Crippen molar-refractivity contribution in [3.8, 4) is 0 Å². The maximum absolute atomic E-state index is 3.44. The predicted octanol–water partition coefficient (Wildman–Crippen LogP) is 0.366. The van der Waals surface area contributed by atoms with Gasteiger partial charge in [0.2, 0.25) is 0 Å². The van der Waals surface area contributed by atoms with Gasteiger partial charge < -0.3 is 24.8 Å². The minimum Gasteiger partial charge on any atom is -1.00 e. The van der Waals surface area contributed by atoms with E-state index in [-0.39, 0.29) is 56.4 Å². The van der Waals surface area contributed by atoms with Crippen molar-refractivity contribution in [2.75, 3.05) is 0 Å². The third-order valence-electron chi connectivity index (χ3n) is 6.35. The zero-order valence-electron chi connectivity index (χ0n) is 17.3. The minimum atomic E-state index is -0.985. The smallest absolute Gasteiger partial charge is 1.00 e. The molecule has 2 aromatic carbocycles. The summed E-state index contributed by atoms with van der Waals surface area (Å²) in [5.41, 5.74) is 4.39. The summed E-state index contributed by atoms with van der Waals surface area (Å²) in [5, 5.41) is 4.67. The first kappa shape index (κ1) is 27.0. The van der Waals surface area contributed by atoms with Gasteiger partial charge in [-0.1, -0.05) is 64.2 Å². The van der Waals surface area contributed by atoms with E-state index in [0.29, 0.717) is 0 Å². The molecule has 0 radical (unpaired) electrons. The molecule has 144 valence electrons. The van der Waals surface area contributed by atoms with E-state index in [1.807, 2.05) is 0 Å². The van der Waals surface area contributed by atoms with Crippen LogP contribution in [-0.4, -0.2) is 8.07 Å². The second-order valence-electron chi connectivity index (χ2n) is 8.37. The molecule has 0 atom stereocenters. The third kappa shape index (κ3) is 5.33. The molecule has 0 nitrogen and oxygen atoms in total. The minimum absolute atomic E-state index is 0. The van der Waals surface area contributed by atoms with Gasteiger partial charge in [0, 0.05) is 8.07 Å². The molecule has 1 aliphatic heterocycles. The van der Waals surface area contributed by atoms with Crippen molar-refractivity contribution < 1.29 is 51.0 Å². The second-order valence-corrected chi connectivity index (χ2v) is 13.0. The monoisotopic (exact) mass is 494 g/mol. The summed E-state index contributed by atoms with van der Waals surface area (Å²) in [6.45, 7) is 13.5. The molecule has 0 N–H and O–H groups in total. The topological polar surface area (TPSA) is 0 Å². The predicted molar refractivity (Wildman–Crippen MR) is 110 cm³/mol. The molecule has 1 aliphatic carbocycles. The van der Waals surface area contributed by atoms with Crippen LogP contribution in [0, 0.1) is 11.5 Å². The van der Waals surface area contributed by atoms with Crippen LogP contribution in [0.5, 0.6) is 0 Å². The molecule has 0 unspecified atom stereocenters. The number of rotatable bonds is 1. The molecule has 0 bridgehead atoms. The number of fused-ring (bicyclic) bond motifs is 1. The first-order valence-electron chi connectivity index (χ1n) is 9.20. The molecule has 1 fully saturated rings. The maximum Gasteiger partial charge on any atom is 4.00 e. The Morgan fingerprint density at radius 2 is 1.59 bits per heavy atom. The van der Waals surface area contributed by atoms with Crippen LogP contribution in [-0.2, 0) is 26.2 Å². The van der Waals surface area contributed by atoms with Gasteiger partial charge >= 0.3 is 26.2 Å². The summed E-state index contributed by atoms with van der Waals surface area (Å²) in [7, 11) is -0.985. The van der Waals surface area contributed by atoms with Crippen molar-refractivity contribution in [1.29, 1.82) is 0 Å². The van der Waals surface area contributed by atoms with Crippen molar-refractivity contribution in [3.63, 3.8) is 0 Å². The average Bonchev–Trinajstić information content (AvgIpc) is 3.02. The molecule has 2 aliphatic rings. The van der Waals surface area contributed by atoms with Crippen LogP contribution in [0.25, 0.3) is 10.8 Å². The van der Waals surface area contributed by atoms with Gasteiger partial charge in [-0.05, 0) is 0 Å². The summed E-state index contributed by atoms with van der Waals surface area (Å²) in [6, 6.07) is 16.5.